The number of thioether (sulfide) groups is 1. The van der Waals surface area contributed by atoms with Crippen molar-refractivity contribution >= 4 is 45.9 Å². The Balaban J connectivity index is 1.47. The Hall–Kier alpha value is -2.97. The van der Waals surface area contributed by atoms with Crippen LogP contribution in [0.2, 0.25) is 5.02 Å². The highest BCUT2D eigenvalue weighted by atomic mass is 35.5. The van der Waals surface area contributed by atoms with Gasteiger partial charge in [0.25, 0.3) is 0 Å². The molecule has 7 nitrogen and oxygen atoms in total. The Morgan fingerprint density at radius 2 is 2.10 bits per heavy atom. The van der Waals surface area contributed by atoms with Crippen LogP contribution >= 0.6 is 23.4 Å². The predicted octanol–water partition coefficient (Wildman–Crippen LogP) is 4.36. The van der Waals surface area contributed by atoms with Gasteiger partial charge in [-0.25, -0.2) is 0 Å². The molecule has 0 bridgehead atoms. The molecule has 9 heteroatoms. The van der Waals surface area contributed by atoms with Crippen molar-refractivity contribution in [2.75, 3.05) is 18.2 Å². The molecule has 0 saturated heterocycles. The number of carbonyl (C=O) groups is 1. The molecule has 0 aliphatic carbocycles. The van der Waals surface area contributed by atoms with Gasteiger partial charge in [-0.1, -0.05) is 41.6 Å². The first-order valence-electron chi connectivity index (χ1n) is 8.79. The fourth-order valence-electron chi connectivity index (χ4n) is 3.03. The molecule has 0 aliphatic rings. The number of H-pyrrole nitrogens is 1. The number of para-hydroxylation sites is 1. The minimum absolute atomic E-state index is 0.176. The first-order chi connectivity index (χ1) is 14.1. The van der Waals surface area contributed by atoms with Gasteiger partial charge >= 0.3 is 0 Å². The summed E-state index contributed by atoms with van der Waals surface area (Å²) < 4.78 is 7.14. The predicted molar refractivity (Wildman–Crippen MR) is 116 cm³/mol. The van der Waals surface area contributed by atoms with Gasteiger partial charge in [-0.3, -0.25) is 4.79 Å². The van der Waals surface area contributed by atoms with E-state index in [4.69, 9.17) is 16.3 Å². The summed E-state index contributed by atoms with van der Waals surface area (Å²) in [5, 5.41) is 13.6. The van der Waals surface area contributed by atoms with Crippen LogP contribution in [0.5, 0.6) is 5.75 Å². The molecule has 0 radical (unpaired) electrons. The highest BCUT2D eigenvalue weighted by molar-refractivity contribution is 7.99. The zero-order chi connectivity index (χ0) is 20.4. The number of aromatic amines is 1. The van der Waals surface area contributed by atoms with Crippen LogP contribution in [0.1, 0.15) is 0 Å². The van der Waals surface area contributed by atoms with Crippen LogP contribution in [0.3, 0.4) is 0 Å². The standard InChI is InChI=1S/C20H18ClN5O2S/c1-26-19(14-10-22-15-6-4-3-5-13(14)15)24-25-20(26)29-11-18(27)23-16-9-12(21)7-8-17(16)28-2/h3-10,22H,11H2,1-2H3,(H,23,27). The average Bonchev–Trinajstić information content (AvgIpc) is 3.30. The van der Waals surface area contributed by atoms with Crippen molar-refractivity contribution in [2.24, 2.45) is 7.05 Å². The second-order valence-corrected chi connectivity index (χ2v) is 7.67. The van der Waals surface area contributed by atoms with Crippen LogP contribution in [-0.4, -0.2) is 38.5 Å². The number of nitrogens with zero attached hydrogens (tertiary/aromatic N) is 3. The van der Waals surface area contributed by atoms with Gasteiger partial charge in [-0.2, -0.15) is 0 Å². The number of nitrogens with one attached hydrogen (secondary N) is 2. The fraction of sp³-hybridized carbons (Fsp3) is 0.150. The molecule has 148 valence electrons. The first-order valence-corrected chi connectivity index (χ1v) is 10.1. The van der Waals surface area contributed by atoms with Crippen molar-refractivity contribution in [3.8, 4) is 17.1 Å². The molecular formula is C20H18ClN5O2S. The molecule has 0 fully saturated rings. The van der Waals surface area contributed by atoms with E-state index < -0.39 is 0 Å². The van der Waals surface area contributed by atoms with Crippen molar-refractivity contribution in [1.82, 2.24) is 19.7 Å². The number of hydrogen-bond acceptors (Lipinski definition) is 5. The molecule has 2 heterocycles. The van der Waals surface area contributed by atoms with Crippen LogP contribution in [0, 0.1) is 0 Å². The quantitative estimate of drug-likeness (QED) is 0.447. The Morgan fingerprint density at radius 3 is 2.93 bits per heavy atom. The molecule has 0 atom stereocenters. The van der Waals surface area contributed by atoms with Crippen LogP contribution in [0.15, 0.2) is 53.8 Å². The van der Waals surface area contributed by atoms with Crippen molar-refractivity contribution in [1.29, 1.82) is 0 Å². The number of ether oxygens (including phenoxy) is 1. The summed E-state index contributed by atoms with van der Waals surface area (Å²) in [6.07, 6.45) is 1.92. The summed E-state index contributed by atoms with van der Waals surface area (Å²) in [6, 6.07) is 13.1. The van der Waals surface area contributed by atoms with Gasteiger partial charge in [0.15, 0.2) is 11.0 Å². The Morgan fingerprint density at radius 1 is 1.28 bits per heavy atom. The third kappa shape index (κ3) is 3.94. The molecule has 1 amide bonds. The maximum absolute atomic E-state index is 12.4. The van der Waals surface area contributed by atoms with E-state index in [1.54, 1.807) is 25.3 Å². The summed E-state index contributed by atoms with van der Waals surface area (Å²) in [6.45, 7) is 0. The number of methoxy groups -OCH3 is 1. The minimum atomic E-state index is -0.188. The summed E-state index contributed by atoms with van der Waals surface area (Å²) in [5.74, 6) is 1.28. The van der Waals surface area contributed by atoms with Crippen molar-refractivity contribution < 1.29 is 9.53 Å². The largest absolute Gasteiger partial charge is 0.495 e. The molecule has 0 aliphatic heterocycles. The number of amides is 1. The lowest BCUT2D eigenvalue weighted by atomic mass is 10.1. The van der Waals surface area contributed by atoms with Gasteiger partial charge in [0, 0.05) is 34.7 Å². The fourth-order valence-corrected chi connectivity index (χ4v) is 3.91. The number of aromatic nitrogens is 4. The van der Waals surface area contributed by atoms with E-state index in [1.165, 1.54) is 11.8 Å². The maximum atomic E-state index is 12.4. The smallest absolute Gasteiger partial charge is 0.234 e. The van der Waals surface area contributed by atoms with Gasteiger partial charge in [-0.15, -0.1) is 10.2 Å². The number of fused-ring (bicyclic) bond motifs is 1. The third-order valence-corrected chi connectivity index (χ3v) is 5.69. The second kappa shape index (κ2) is 8.18. The number of benzene rings is 2. The van der Waals surface area contributed by atoms with Gasteiger partial charge in [0.05, 0.1) is 18.6 Å². The summed E-state index contributed by atoms with van der Waals surface area (Å²) >= 11 is 7.32. The molecule has 2 aromatic heterocycles. The maximum Gasteiger partial charge on any atom is 0.234 e. The zero-order valence-corrected chi connectivity index (χ0v) is 17.3. The molecule has 0 spiro atoms. The molecule has 4 rings (SSSR count). The lowest BCUT2D eigenvalue weighted by Crippen LogP contribution is -2.15. The number of hydrogen-bond donors (Lipinski definition) is 2. The van der Waals surface area contributed by atoms with Crippen LogP contribution < -0.4 is 10.1 Å². The summed E-state index contributed by atoms with van der Waals surface area (Å²) in [5.41, 5.74) is 2.54. The molecular weight excluding hydrogens is 410 g/mol. The lowest BCUT2D eigenvalue weighted by molar-refractivity contribution is -0.113. The molecule has 29 heavy (non-hydrogen) atoms. The monoisotopic (exact) mass is 427 g/mol. The van der Waals surface area contributed by atoms with Crippen molar-refractivity contribution in [3.63, 3.8) is 0 Å². The molecule has 0 saturated carbocycles. The van der Waals surface area contributed by atoms with Gasteiger partial charge in [0.2, 0.25) is 5.91 Å². The average molecular weight is 428 g/mol. The van der Waals surface area contributed by atoms with E-state index in [9.17, 15) is 4.79 Å². The normalized spacial score (nSPS) is 11.0. The molecule has 0 unspecified atom stereocenters. The number of carbonyl (C=O) groups excluding carboxylic acids is 1. The van der Waals surface area contributed by atoms with E-state index in [2.05, 4.69) is 20.5 Å². The second-order valence-electron chi connectivity index (χ2n) is 6.29. The summed E-state index contributed by atoms with van der Waals surface area (Å²) in [4.78, 5) is 15.6. The number of rotatable bonds is 6. The van der Waals surface area contributed by atoms with Crippen molar-refractivity contribution in [3.05, 3.63) is 53.7 Å². The topological polar surface area (TPSA) is 84.8 Å². The number of anilines is 1. The SMILES string of the molecule is COc1ccc(Cl)cc1NC(=O)CSc1nnc(-c2c[nH]c3ccccc23)n1C. The van der Waals surface area contributed by atoms with E-state index in [0.29, 0.717) is 21.6 Å². The van der Waals surface area contributed by atoms with Crippen molar-refractivity contribution in [2.45, 2.75) is 5.16 Å². The van der Waals surface area contributed by atoms with E-state index in [0.717, 1.165) is 22.3 Å². The molecule has 2 aromatic carbocycles. The van der Waals surface area contributed by atoms with E-state index >= 15 is 0 Å². The third-order valence-electron chi connectivity index (χ3n) is 4.43. The van der Waals surface area contributed by atoms with Crippen LogP contribution in [0.25, 0.3) is 22.3 Å². The van der Waals surface area contributed by atoms with E-state index in [1.807, 2.05) is 42.1 Å². The van der Waals surface area contributed by atoms with Crippen LogP contribution in [0.4, 0.5) is 5.69 Å². The first kappa shape index (κ1) is 19.4. The van der Waals surface area contributed by atoms with Gasteiger partial charge < -0.3 is 19.6 Å². The zero-order valence-electron chi connectivity index (χ0n) is 15.8. The molecule has 4 aromatic rings. The Kier molecular flexibility index (Phi) is 5.46. The Labute approximate surface area is 176 Å². The lowest BCUT2D eigenvalue weighted by Gasteiger charge is -2.10. The van der Waals surface area contributed by atoms with Crippen LogP contribution in [-0.2, 0) is 11.8 Å². The molecule has 2 N–H and O–H groups in total. The highest BCUT2D eigenvalue weighted by Gasteiger charge is 2.16. The highest BCUT2D eigenvalue weighted by Crippen LogP contribution is 2.30. The van der Waals surface area contributed by atoms with Gasteiger partial charge in [-0.05, 0) is 24.3 Å². The Bertz CT molecular complexity index is 1190. The summed E-state index contributed by atoms with van der Waals surface area (Å²) in [7, 11) is 3.43. The van der Waals surface area contributed by atoms with E-state index in [-0.39, 0.29) is 11.7 Å². The minimum Gasteiger partial charge on any atom is -0.495 e. The van der Waals surface area contributed by atoms with Gasteiger partial charge in [0.1, 0.15) is 5.75 Å². The number of halogens is 1.